The largest absolute Gasteiger partial charge is 0.496 e. The van der Waals surface area contributed by atoms with Crippen molar-refractivity contribution in [1.29, 1.82) is 0 Å². The number of carbonyl (C=O) groups is 1. The second kappa shape index (κ2) is 10.5. The molecule has 0 unspecified atom stereocenters. The van der Waals surface area contributed by atoms with Gasteiger partial charge in [0.25, 0.3) is 0 Å². The normalized spacial score (nSPS) is 18.5. The molecule has 1 amide bonds. The Kier molecular flexibility index (Phi) is 7.23. The smallest absolute Gasteiger partial charge is 0.223 e. The number of hydrogen-bond donors (Lipinski definition) is 0. The minimum atomic E-state index is -0.140. The topological polar surface area (TPSA) is 51.1 Å². The molecule has 164 valence electrons. The number of carbonyl (C=O) groups excluding carboxylic acids is 1. The lowest BCUT2D eigenvalue weighted by Gasteiger charge is -2.25. The van der Waals surface area contributed by atoms with Gasteiger partial charge in [0.15, 0.2) is 6.10 Å². The molecule has 2 aromatic rings. The maximum absolute atomic E-state index is 13.2. The minimum Gasteiger partial charge on any atom is -0.496 e. The molecule has 1 fully saturated rings. The number of nitrogens with zero attached hydrogens (tertiary/aromatic N) is 2. The summed E-state index contributed by atoms with van der Waals surface area (Å²) in [7, 11) is 1.66. The van der Waals surface area contributed by atoms with Gasteiger partial charge in [-0.3, -0.25) is 4.79 Å². The van der Waals surface area contributed by atoms with Gasteiger partial charge in [0.1, 0.15) is 5.75 Å². The van der Waals surface area contributed by atoms with Gasteiger partial charge < -0.3 is 14.5 Å². The van der Waals surface area contributed by atoms with Crippen molar-refractivity contribution in [2.75, 3.05) is 13.7 Å². The van der Waals surface area contributed by atoms with Gasteiger partial charge in [-0.1, -0.05) is 73.3 Å². The second-order valence-corrected chi connectivity index (χ2v) is 8.62. The minimum absolute atomic E-state index is 0.140. The molecule has 1 saturated carbocycles. The van der Waals surface area contributed by atoms with Crippen molar-refractivity contribution in [3.63, 3.8) is 0 Å². The first kappa shape index (κ1) is 21.4. The van der Waals surface area contributed by atoms with Crippen LogP contribution in [0.5, 0.6) is 5.75 Å². The summed E-state index contributed by atoms with van der Waals surface area (Å²) in [6, 6.07) is 18.0. The fourth-order valence-corrected chi connectivity index (χ4v) is 4.66. The maximum atomic E-state index is 13.2. The molecule has 1 heterocycles. The number of para-hydroxylation sites is 1. The first-order valence-electron chi connectivity index (χ1n) is 11.4. The Labute approximate surface area is 185 Å². The highest BCUT2D eigenvalue weighted by Gasteiger charge is 2.28. The maximum Gasteiger partial charge on any atom is 0.223 e. The number of ether oxygens (including phenoxy) is 1. The summed E-state index contributed by atoms with van der Waals surface area (Å²) < 4.78 is 5.47. The lowest BCUT2D eigenvalue weighted by molar-refractivity contribution is -0.134. The van der Waals surface area contributed by atoms with Crippen molar-refractivity contribution in [3.05, 3.63) is 65.7 Å². The zero-order valence-electron chi connectivity index (χ0n) is 18.3. The lowest BCUT2D eigenvalue weighted by Crippen LogP contribution is -2.37. The van der Waals surface area contributed by atoms with Gasteiger partial charge in [0.05, 0.1) is 19.4 Å². The van der Waals surface area contributed by atoms with Crippen molar-refractivity contribution in [2.45, 2.75) is 57.6 Å². The SMILES string of the molecule is COc1ccccc1C1=NO[C@@H](CN(Cc2ccccc2)C(=O)CCC2CCCC2)C1. The summed E-state index contributed by atoms with van der Waals surface area (Å²) in [6.45, 7) is 1.15. The standard InChI is InChI=1S/C26H32N2O3/c1-30-25-14-8-7-13-23(25)24-17-22(31-27-24)19-28(18-21-11-3-2-4-12-21)26(29)16-15-20-9-5-6-10-20/h2-4,7-8,11-14,20,22H,5-6,9-10,15-19H2,1H3/t22-/m1/s1. The molecule has 5 heteroatoms. The monoisotopic (exact) mass is 420 g/mol. The Hall–Kier alpha value is -2.82. The van der Waals surface area contributed by atoms with E-state index < -0.39 is 0 Å². The molecule has 0 saturated heterocycles. The quantitative estimate of drug-likeness (QED) is 0.561. The predicted octanol–water partition coefficient (Wildman–Crippen LogP) is 5.19. The van der Waals surface area contributed by atoms with E-state index in [9.17, 15) is 4.79 Å². The zero-order valence-corrected chi connectivity index (χ0v) is 18.3. The predicted molar refractivity (Wildman–Crippen MR) is 122 cm³/mol. The molecular weight excluding hydrogens is 388 g/mol. The number of amides is 1. The van der Waals surface area contributed by atoms with E-state index in [1.807, 2.05) is 47.4 Å². The number of oxime groups is 1. The van der Waals surface area contributed by atoms with Crippen LogP contribution in [0.2, 0.25) is 0 Å². The molecule has 2 aliphatic rings. The van der Waals surface area contributed by atoms with Crippen LogP contribution in [0.25, 0.3) is 0 Å². The van der Waals surface area contributed by atoms with Crippen molar-refractivity contribution in [2.24, 2.45) is 11.1 Å². The summed E-state index contributed by atoms with van der Waals surface area (Å²) in [5, 5.41) is 4.32. The van der Waals surface area contributed by atoms with Crippen LogP contribution in [0.1, 0.15) is 56.1 Å². The van der Waals surface area contributed by atoms with Crippen LogP contribution in [-0.2, 0) is 16.2 Å². The van der Waals surface area contributed by atoms with E-state index in [4.69, 9.17) is 9.57 Å². The lowest BCUT2D eigenvalue weighted by atomic mass is 10.0. The summed E-state index contributed by atoms with van der Waals surface area (Å²) in [5.74, 6) is 1.72. The first-order valence-corrected chi connectivity index (χ1v) is 11.4. The van der Waals surface area contributed by atoms with Crippen molar-refractivity contribution < 1.29 is 14.4 Å². The van der Waals surface area contributed by atoms with E-state index in [-0.39, 0.29) is 12.0 Å². The molecular formula is C26H32N2O3. The summed E-state index contributed by atoms with van der Waals surface area (Å²) in [4.78, 5) is 20.9. The van der Waals surface area contributed by atoms with Gasteiger partial charge in [-0.05, 0) is 30.0 Å². The Morgan fingerprint density at radius 1 is 1.10 bits per heavy atom. The van der Waals surface area contributed by atoms with Gasteiger partial charge in [0.2, 0.25) is 5.91 Å². The third-order valence-electron chi connectivity index (χ3n) is 6.39. The summed E-state index contributed by atoms with van der Waals surface area (Å²) in [5.41, 5.74) is 2.97. The number of rotatable bonds is 9. The molecule has 0 N–H and O–H groups in total. The Morgan fingerprint density at radius 2 is 1.84 bits per heavy atom. The molecule has 2 aromatic carbocycles. The molecule has 1 aliphatic heterocycles. The number of methoxy groups -OCH3 is 1. The Morgan fingerprint density at radius 3 is 2.61 bits per heavy atom. The van der Waals surface area contributed by atoms with E-state index in [2.05, 4.69) is 17.3 Å². The molecule has 0 bridgehead atoms. The third-order valence-corrected chi connectivity index (χ3v) is 6.39. The fraction of sp³-hybridized carbons (Fsp3) is 0.462. The van der Waals surface area contributed by atoms with Gasteiger partial charge >= 0.3 is 0 Å². The van der Waals surface area contributed by atoms with Crippen molar-refractivity contribution >= 4 is 11.6 Å². The highest BCUT2D eigenvalue weighted by Crippen LogP contribution is 2.29. The van der Waals surface area contributed by atoms with E-state index in [0.717, 1.165) is 29.0 Å². The van der Waals surface area contributed by atoms with Crippen molar-refractivity contribution in [1.82, 2.24) is 4.90 Å². The summed E-state index contributed by atoms with van der Waals surface area (Å²) >= 11 is 0. The Balaban J connectivity index is 1.40. The molecule has 1 atom stereocenters. The van der Waals surface area contributed by atoms with Gasteiger partial charge in [0, 0.05) is 24.9 Å². The van der Waals surface area contributed by atoms with Gasteiger partial charge in [-0.2, -0.15) is 0 Å². The summed E-state index contributed by atoms with van der Waals surface area (Å²) in [6.07, 6.45) is 7.31. The second-order valence-electron chi connectivity index (χ2n) is 8.62. The molecule has 0 spiro atoms. The van der Waals surface area contributed by atoms with E-state index in [1.165, 1.54) is 25.7 Å². The first-order chi connectivity index (χ1) is 15.2. The highest BCUT2D eigenvalue weighted by molar-refractivity contribution is 6.03. The Bertz CT molecular complexity index is 891. The van der Waals surface area contributed by atoms with Crippen LogP contribution in [0.15, 0.2) is 59.8 Å². The van der Waals surface area contributed by atoms with Gasteiger partial charge in [-0.25, -0.2) is 0 Å². The number of benzene rings is 2. The molecule has 0 aromatic heterocycles. The van der Waals surface area contributed by atoms with Gasteiger partial charge in [-0.15, -0.1) is 0 Å². The van der Waals surface area contributed by atoms with E-state index in [1.54, 1.807) is 7.11 Å². The van der Waals surface area contributed by atoms with Crippen LogP contribution < -0.4 is 4.74 Å². The molecule has 31 heavy (non-hydrogen) atoms. The zero-order chi connectivity index (χ0) is 21.5. The van der Waals surface area contributed by atoms with Crippen LogP contribution in [0, 0.1) is 5.92 Å². The molecule has 1 aliphatic carbocycles. The average molecular weight is 421 g/mol. The third kappa shape index (κ3) is 5.66. The molecule has 5 nitrogen and oxygen atoms in total. The van der Waals surface area contributed by atoms with E-state index in [0.29, 0.717) is 31.8 Å². The van der Waals surface area contributed by atoms with Crippen LogP contribution >= 0.6 is 0 Å². The molecule has 0 radical (unpaired) electrons. The van der Waals surface area contributed by atoms with E-state index >= 15 is 0 Å². The van der Waals surface area contributed by atoms with Crippen molar-refractivity contribution in [3.8, 4) is 5.75 Å². The van der Waals surface area contributed by atoms with Crippen LogP contribution in [0.4, 0.5) is 0 Å². The number of hydrogen-bond acceptors (Lipinski definition) is 4. The molecule has 4 rings (SSSR count). The average Bonchev–Trinajstić information content (AvgIpc) is 3.50. The highest BCUT2D eigenvalue weighted by atomic mass is 16.6. The van der Waals surface area contributed by atoms with Crippen LogP contribution in [-0.4, -0.2) is 36.3 Å². The fourth-order valence-electron chi connectivity index (χ4n) is 4.66. The van der Waals surface area contributed by atoms with Crippen LogP contribution in [0.3, 0.4) is 0 Å².